The molecule has 0 saturated heterocycles. The zero-order chi connectivity index (χ0) is 22.6. The lowest BCUT2D eigenvalue weighted by molar-refractivity contribution is -0.122. The summed E-state index contributed by atoms with van der Waals surface area (Å²) in [5.74, 6) is 0.157. The Morgan fingerprint density at radius 3 is 2.26 bits per heavy atom. The van der Waals surface area contributed by atoms with Crippen LogP contribution in [0, 0.1) is 13.8 Å². The summed E-state index contributed by atoms with van der Waals surface area (Å²) in [6.45, 7) is 5.35. The fourth-order valence-electron chi connectivity index (χ4n) is 2.78. The van der Waals surface area contributed by atoms with Crippen molar-refractivity contribution in [3.05, 3.63) is 82.9 Å². The molecule has 0 aromatic heterocycles. The number of carbonyl (C=O) groups is 1. The maximum atomic E-state index is 12.7. The van der Waals surface area contributed by atoms with Gasteiger partial charge >= 0.3 is 0 Å². The van der Waals surface area contributed by atoms with Crippen molar-refractivity contribution in [3.63, 3.8) is 0 Å². The Kier molecular flexibility index (Phi) is 6.87. The van der Waals surface area contributed by atoms with Gasteiger partial charge in [0.1, 0.15) is 5.75 Å². The fraction of sp³-hybridized carbons (Fsp3) is 0.174. The number of halogens is 1. The number of hydrogen-bond acceptors (Lipinski definition) is 4. The van der Waals surface area contributed by atoms with E-state index in [1.165, 1.54) is 24.3 Å². The number of aryl methyl sites for hydroxylation is 2. The van der Waals surface area contributed by atoms with Crippen LogP contribution in [0.5, 0.6) is 5.75 Å². The second-order valence-corrected chi connectivity index (χ2v) is 9.27. The Morgan fingerprint density at radius 1 is 0.968 bits per heavy atom. The van der Waals surface area contributed by atoms with Crippen molar-refractivity contribution >= 4 is 38.9 Å². The number of nitrogens with one attached hydrogen (secondary N) is 2. The van der Waals surface area contributed by atoms with Gasteiger partial charge in [-0.2, -0.15) is 0 Å². The van der Waals surface area contributed by atoms with E-state index in [0.717, 1.165) is 11.1 Å². The van der Waals surface area contributed by atoms with Crippen LogP contribution in [0.2, 0.25) is 5.02 Å². The molecule has 162 valence electrons. The first-order chi connectivity index (χ1) is 14.6. The zero-order valence-corrected chi connectivity index (χ0v) is 18.9. The first-order valence-corrected chi connectivity index (χ1v) is 11.4. The Morgan fingerprint density at radius 2 is 1.61 bits per heavy atom. The summed E-state index contributed by atoms with van der Waals surface area (Å²) in [5.41, 5.74) is 2.77. The van der Waals surface area contributed by atoms with E-state index in [4.69, 9.17) is 16.3 Å². The zero-order valence-electron chi connectivity index (χ0n) is 17.3. The lowest BCUT2D eigenvalue weighted by Gasteiger charge is -2.15. The van der Waals surface area contributed by atoms with E-state index in [2.05, 4.69) is 10.0 Å². The number of amides is 1. The molecule has 2 N–H and O–H groups in total. The second-order valence-electron chi connectivity index (χ2n) is 7.15. The molecule has 0 fully saturated rings. The SMILES string of the molecule is Cc1ccc(C)c(NS(=O)(=O)c2ccc(NC(=O)C(C)Oc3ccc(Cl)cc3)cc2)c1. The molecule has 1 amide bonds. The van der Waals surface area contributed by atoms with Crippen LogP contribution in [-0.4, -0.2) is 20.4 Å². The third-order valence-electron chi connectivity index (χ3n) is 4.57. The van der Waals surface area contributed by atoms with Crippen LogP contribution in [0.15, 0.2) is 71.6 Å². The van der Waals surface area contributed by atoms with E-state index < -0.39 is 16.1 Å². The molecule has 0 aliphatic rings. The van der Waals surface area contributed by atoms with E-state index in [0.29, 0.717) is 22.1 Å². The number of anilines is 2. The van der Waals surface area contributed by atoms with Crippen molar-refractivity contribution in [2.24, 2.45) is 0 Å². The smallest absolute Gasteiger partial charge is 0.265 e. The molecule has 0 bridgehead atoms. The van der Waals surface area contributed by atoms with E-state index in [1.54, 1.807) is 37.3 Å². The number of carbonyl (C=O) groups excluding carboxylic acids is 1. The van der Waals surface area contributed by atoms with Gasteiger partial charge in [0.15, 0.2) is 6.10 Å². The lowest BCUT2D eigenvalue weighted by Crippen LogP contribution is -2.30. The maximum Gasteiger partial charge on any atom is 0.265 e. The number of hydrogen-bond donors (Lipinski definition) is 2. The molecule has 1 unspecified atom stereocenters. The van der Waals surface area contributed by atoms with Crippen molar-refractivity contribution in [1.29, 1.82) is 0 Å². The van der Waals surface area contributed by atoms with Gasteiger partial charge in [-0.25, -0.2) is 8.42 Å². The first kappa shape index (κ1) is 22.7. The van der Waals surface area contributed by atoms with Crippen molar-refractivity contribution < 1.29 is 17.9 Å². The van der Waals surface area contributed by atoms with Crippen molar-refractivity contribution in [2.45, 2.75) is 31.8 Å². The van der Waals surface area contributed by atoms with Crippen LogP contribution in [-0.2, 0) is 14.8 Å². The van der Waals surface area contributed by atoms with Crippen molar-refractivity contribution in [3.8, 4) is 5.75 Å². The highest BCUT2D eigenvalue weighted by Gasteiger charge is 2.18. The highest BCUT2D eigenvalue weighted by Crippen LogP contribution is 2.22. The predicted octanol–water partition coefficient (Wildman–Crippen LogP) is 5.16. The molecule has 6 nitrogen and oxygen atoms in total. The molecule has 3 aromatic rings. The molecule has 0 aliphatic heterocycles. The van der Waals surface area contributed by atoms with E-state index in [-0.39, 0.29) is 10.8 Å². The monoisotopic (exact) mass is 458 g/mol. The Balaban J connectivity index is 1.65. The molecule has 8 heteroatoms. The molecular formula is C23H23ClN2O4S. The van der Waals surface area contributed by atoms with E-state index in [1.807, 2.05) is 26.0 Å². The minimum Gasteiger partial charge on any atom is -0.481 e. The van der Waals surface area contributed by atoms with Crippen LogP contribution in [0.3, 0.4) is 0 Å². The molecule has 0 heterocycles. The Hall–Kier alpha value is -3.03. The average Bonchev–Trinajstić information content (AvgIpc) is 2.72. The van der Waals surface area contributed by atoms with Gasteiger partial charge in [0, 0.05) is 10.7 Å². The third-order valence-corrected chi connectivity index (χ3v) is 6.20. The molecule has 0 aliphatic carbocycles. The van der Waals surface area contributed by atoms with Crippen LogP contribution < -0.4 is 14.8 Å². The van der Waals surface area contributed by atoms with Gasteiger partial charge in [-0.15, -0.1) is 0 Å². The molecule has 1 atom stereocenters. The molecule has 3 aromatic carbocycles. The number of sulfonamides is 1. The minimum absolute atomic E-state index is 0.0943. The first-order valence-electron chi connectivity index (χ1n) is 9.57. The van der Waals surface area contributed by atoms with Gasteiger partial charge in [-0.3, -0.25) is 9.52 Å². The van der Waals surface area contributed by atoms with E-state index >= 15 is 0 Å². The topological polar surface area (TPSA) is 84.5 Å². The molecule has 0 saturated carbocycles. The van der Waals surface area contributed by atoms with Gasteiger partial charge in [0.25, 0.3) is 15.9 Å². The van der Waals surface area contributed by atoms with Gasteiger partial charge in [-0.1, -0.05) is 23.7 Å². The summed E-state index contributed by atoms with van der Waals surface area (Å²) in [6.07, 6.45) is -0.754. The van der Waals surface area contributed by atoms with Gasteiger partial charge in [-0.05, 0) is 86.5 Å². The summed E-state index contributed by atoms with van der Waals surface area (Å²) in [5, 5.41) is 3.29. The Bertz CT molecular complexity index is 1180. The highest BCUT2D eigenvalue weighted by molar-refractivity contribution is 7.92. The number of ether oxygens (including phenoxy) is 1. The van der Waals surface area contributed by atoms with Crippen LogP contribution in [0.25, 0.3) is 0 Å². The minimum atomic E-state index is -3.76. The standard InChI is InChI=1S/C23H23ClN2O4S/c1-15-4-5-16(2)22(14-15)26-31(28,29)21-12-8-19(9-13-21)25-23(27)17(3)30-20-10-6-18(24)7-11-20/h4-14,17,26H,1-3H3,(H,25,27). The third kappa shape index (κ3) is 5.99. The van der Waals surface area contributed by atoms with Gasteiger partial charge in [0.05, 0.1) is 10.6 Å². The lowest BCUT2D eigenvalue weighted by atomic mass is 10.1. The van der Waals surface area contributed by atoms with Crippen molar-refractivity contribution in [1.82, 2.24) is 0 Å². The summed E-state index contributed by atoms with van der Waals surface area (Å²) < 4.78 is 33.6. The number of benzene rings is 3. The number of rotatable bonds is 7. The van der Waals surface area contributed by atoms with Gasteiger partial charge in [0.2, 0.25) is 0 Å². The van der Waals surface area contributed by atoms with Crippen LogP contribution in [0.4, 0.5) is 11.4 Å². The summed E-state index contributed by atoms with van der Waals surface area (Å²) in [7, 11) is -3.76. The summed E-state index contributed by atoms with van der Waals surface area (Å²) in [4.78, 5) is 12.5. The molecule has 0 radical (unpaired) electrons. The largest absolute Gasteiger partial charge is 0.481 e. The summed E-state index contributed by atoms with van der Waals surface area (Å²) >= 11 is 5.84. The second kappa shape index (κ2) is 9.41. The Labute approximate surface area is 187 Å². The van der Waals surface area contributed by atoms with Crippen LogP contribution in [0.1, 0.15) is 18.1 Å². The predicted molar refractivity (Wildman–Crippen MR) is 123 cm³/mol. The van der Waals surface area contributed by atoms with Crippen LogP contribution >= 0.6 is 11.6 Å². The quantitative estimate of drug-likeness (QED) is 0.512. The molecular weight excluding hydrogens is 436 g/mol. The summed E-state index contributed by atoms with van der Waals surface area (Å²) in [6, 6.07) is 18.2. The average molecular weight is 459 g/mol. The molecule has 31 heavy (non-hydrogen) atoms. The molecule has 3 rings (SSSR count). The van der Waals surface area contributed by atoms with E-state index in [9.17, 15) is 13.2 Å². The maximum absolute atomic E-state index is 12.7. The van der Waals surface area contributed by atoms with Gasteiger partial charge < -0.3 is 10.1 Å². The highest BCUT2D eigenvalue weighted by atomic mass is 35.5. The van der Waals surface area contributed by atoms with Crippen molar-refractivity contribution in [2.75, 3.05) is 10.0 Å². The normalized spacial score (nSPS) is 12.1. The molecule has 0 spiro atoms. The fourth-order valence-corrected chi connectivity index (χ4v) is 4.03.